The van der Waals surface area contributed by atoms with Crippen molar-refractivity contribution in [2.75, 3.05) is 26.2 Å². The van der Waals surface area contributed by atoms with Crippen molar-refractivity contribution in [2.45, 2.75) is 38.5 Å². The zero-order chi connectivity index (χ0) is 22.9. The summed E-state index contributed by atoms with van der Waals surface area (Å²) in [5, 5.41) is 6.21. The van der Waals surface area contributed by atoms with E-state index in [1.54, 1.807) is 0 Å². The Morgan fingerprint density at radius 3 is 2.38 bits per heavy atom. The third kappa shape index (κ3) is 4.56. The lowest BCUT2D eigenvalue weighted by atomic mass is 10.1. The Kier molecular flexibility index (Phi) is 5.99. The van der Waals surface area contributed by atoms with Crippen molar-refractivity contribution in [3.8, 4) is 0 Å². The van der Waals surface area contributed by atoms with Gasteiger partial charge in [-0.15, -0.1) is 0 Å². The second-order valence-corrected chi connectivity index (χ2v) is 9.88. The van der Waals surface area contributed by atoms with Crippen LogP contribution in [0.5, 0.6) is 0 Å². The number of aromatic nitrogens is 4. The van der Waals surface area contributed by atoms with Gasteiger partial charge in [0.15, 0.2) is 4.77 Å². The SMILES string of the molecule is S=c1n(CN2CCN(Cc3cccc4cccnc34)CC2)nc(C2CC2)n1Cc1ccccc1. The molecule has 34 heavy (non-hydrogen) atoms. The van der Waals surface area contributed by atoms with E-state index < -0.39 is 0 Å². The van der Waals surface area contributed by atoms with E-state index in [0.717, 1.165) is 62.0 Å². The average molecular weight is 471 g/mol. The number of hydrogen-bond donors (Lipinski definition) is 0. The van der Waals surface area contributed by atoms with Crippen molar-refractivity contribution >= 4 is 23.1 Å². The topological polar surface area (TPSA) is 42.1 Å². The number of pyridine rings is 1. The molecule has 0 spiro atoms. The van der Waals surface area contributed by atoms with Crippen molar-refractivity contribution in [3.63, 3.8) is 0 Å². The quantitative estimate of drug-likeness (QED) is 0.368. The van der Waals surface area contributed by atoms with Crippen LogP contribution < -0.4 is 0 Å². The Morgan fingerprint density at radius 2 is 1.59 bits per heavy atom. The average Bonchev–Trinajstić information content (AvgIpc) is 3.68. The zero-order valence-electron chi connectivity index (χ0n) is 19.4. The summed E-state index contributed by atoms with van der Waals surface area (Å²) in [6.07, 6.45) is 4.34. The van der Waals surface area contributed by atoms with Crippen LogP contribution in [0.25, 0.3) is 10.9 Å². The number of rotatable bonds is 7. The first-order chi connectivity index (χ1) is 16.7. The van der Waals surface area contributed by atoms with E-state index in [-0.39, 0.29) is 0 Å². The molecule has 2 aromatic heterocycles. The first-order valence-electron chi connectivity index (χ1n) is 12.2. The molecule has 0 atom stereocenters. The molecule has 0 amide bonds. The Bertz CT molecular complexity index is 1330. The van der Waals surface area contributed by atoms with Gasteiger partial charge in [-0.05, 0) is 42.3 Å². The smallest absolute Gasteiger partial charge is 0.199 e. The van der Waals surface area contributed by atoms with Gasteiger partial charge in [0.25, 0.3) is 0 Å². The van der Waals surface area contributed by atoms with Crippen LogP contribution in [-0.4, -0.2) is 55.3 Å². The van der Waals surface area contributed by atoms with Crippen molar-refractivity contribution in [1.82, 2.24) is 29.1 Å². The molecule has 4 aromatic rings. The molecular formula is C27H30N6S. The molecule has 1 saturated carbocycles. The number of para-hydroxylation sites is 1. The minimum atomic E-state index is 0.567. The standard InChI is InChI=1S/C27H30N6S/c34-27-32(18-21-6-2-1-3-7-21)26(23-11-12-23)29-33(27)20-31-16-14-30(15-17-31)19-24-9-4-8-22-10-5-13-28-25(22)24/h1-10,13,23H,11-12,14-20H2. The summed E-state index contributed by atoms with van der Waals surface area (Å²) in [5.41, 5.74) is 3.70. The molecule has 6 nitrogen and oxygen atoms in total. The predicted octanol–water partition coefficient (Wildman–Crippen LogP) is 4.66. The molecule has 2 aliphatic rings. The fraction of sp³-hybridized carbons (Fsp3) is 0.370. The van der Waals surface area contributed by atoms with Gasteiger partial charge in [0, 0.05) is 50.2 Å². The molecule has 2 fully saturated rings. The van der Waals surface area contributed by atoms with Crippen LogP contribution in [-0.2, 0) is 19.8 Å². The highest BCUT2D eigenvalue weighted by molar-refractivity contribution is 7.71. The second-order valence-electron chi connectivity index (χ2n) is 9.51. The van der Waals surface area contributed by atoms with Crippen LogP contribution in [0.4, 0.5) is 0 Å². The third-order valence-corrected chi connectivity index (χ3v) is 7.42. The van der Waals surface area contributed by atoms with Crippen LogP contribution in [0.1, 0.15) is 35.7 Å². The van der Waals surface area contributed by atoms with Gasteiger partial charge in [0.05, 0.1) is 18.7 Å². The fourth-order valence-electron chi connectivity index (χ4n) is 4.92. The van der Waals surface area contributed by atoms with Gasteiger partial charge < -0.3 is 0 Å². The first-order valence-corrected chi connectivity index (χ1v) is 12.6. The molecule has 7 heteroatoms. The third-order valence-electron chi connectivity index (χ3n) is 6.99. The normalized spacial score (nSPS) is 17.4. The molecule has 1 aliphatic heterocycles. The van der Waals surface area contributed by atoms with E-state index in [4.69, 9.17) is 17.3 Å². The van der Waals surface area contributed by atoms with Crippen molar-refractivity contribution in [3.05, 3.63) is 88.6 Å². The lowest BCUT2D eigenvalue weighted by Crippen LogP contribution is -2.46. The van der Waals surface area contributed by atoms with E-state index in [1.807, 2.05) is 12.3 Å². The Hall–Kier alpha value is -2.87. The summed E-state index contributed by atoms with van der Waals surface area (Å²) in [4.78, 5) is 9.63. The number of benzene rings is 2. The van der Waals surface area contributed by atoms with E-state index in [2.05, 4.69) is 78.6 Å². The summed E-state index contributed by atoms with van der Waals surface area (Å²) in [7, 11) is 0. The molecule has 0 N–H and O–H groups in total. The van der Waals surface area contributed by atoms with Gasteiger partial charge in [0.2, 0.25) is 0 Å². The lowest BCUT2D eigenvalue weighted by molar-refractivity contribution is 0.0981. The number of piperazine rings is 1. The second kappa shape index (κ2) is 9.41. The minimum absolute atomic E-state index is 0.567. The molecule has 1 saturated heterocycles. The summed E-state index contributed by atoms with van der Waals surface area (Å²) >= 11 is 5.90. The van der Waals surface area contributed by atoms with Gasteiger partial charge in [-0.3, -0.25) is 19.4 Å². The van der Waals surface area contributed by atoms with Gasteiger partial charge in [-0.2, -0.15) is 5.10 Å². The van der Waals surface area contributed by atoms with Gasteiger partial charge >= 0.3 is 0 Å². The summed E-state index contributed by atoms with van der Waals surface area (Å²) in [6, 6.07) is 21.2. The highest BCUT2D eigenvalue weighted by Gasteiger charge is 2.30. The largest absolute Gasteiger partial charge is 0.299 e. The van der Waals surface area contributed by atoms with E-state index in [1.165, 1.54) is 29.4 Å². The van der Waals surface area contributed by atoms with Crippen LogP contribution in [0, 0.1) is 4.77 Å². The minimum Gasteiger partial charge on any atom is -0.299 e. The van der Waals surface area contributed by atoms with Gasteiger partial charge in [-0.1, -0.05) is 54.6 Å². The Labute approximate surface area is 205 Å². The van der Waals surface area contributed by atoms with Gasteiger partial charge in [0.1, 0.15) is 5.82 Å². The molecule has 174 valence electrons. The van der Waals surface area contributed by atoms with Crippen LogP contribution in [0.2, 0.25) is 0 Å². The maximum Gasteiger partial charge on any atom is 0.199 e. The van der Waals surface area contributed by atoms with E-state index >= 15 is 0 Å². The van der Waals surface area contributed by atoms with Gasteiger partial charge in [-0.25, -0.2) is 4.68 Å². The molecule has 2 aromatic carbocycles. The molecule has 3 heterocycles. The molecule has 0 radical (unpaired) electrons. The van der Waals surface area contributed by atoms with Crippen LogP contribution in [0.15, 0.2) is 66.9 Å². The molecular weight excluding hydrogens is 440 g/mol. The van der Waals surface area contributed by atoms with Crippen LogP contribution in [0.3, 0.4) is 0 Å². The van der Waals surface area contributed by atoms with E-state index in [9.17, 15) is 0 Å². The molecule has 6 rings (SSSR count). The summed E-state index contributed by atoms with van der Waals surface area (Å²) in [6.45, 7) is 6.63. The summed E-state index contributed by atoms with van der Waals surface area (Å²) < 4.78 is 5.15. The van der Waals surface area contributed by atoms with Crippen molar-refractivity contribution in [2.24, 2.45) is 0 Å². The van der Waals surface area contributed by atoms with E-state index in [0.29, 0.717) is 5.92 Å². The zero-order valence-corrected chi connectivity index (χ0v) is 20.2. The van der Waals surface area contributed by atoms with Crippen molar-refractivity contribution < 1.29 is 0 Å². The fourth-order valence-corrected chi connectivity index (χ4v) is 5.18. The molecule has 0 bridgehead atoms. The number of fused-ring (bicyclic) bond motifs is 1. The monoisotopic (exact) mass is 470 g/mol. The van der Waals surface area contributed by atoms with Crippen molar-refractivity contribution in [1.29, 1.82) is 0 Å². The number of nitrogens with zero attached hydrogens (tertiary/aromatic N) is 6. The highest BCUT2D eigenvalue weighted by atomic mass is 32.1. The number of hydrogen-bond acceptors (Lipinski definition) is 5. The first kappa shape index (κ1) is 21.6. The molecule has 0 unspecified atom stereocenters. The lowest BCUT2D eigenvalue weighted by Gasteiger charge is -2.34. The Morgan fingerprint density at radius 1 is 0.824 bits per heavy atom. The maximum absolute atomic E-state index is 5.90. The molecule has 1 aliphatic carbocycles. The highest BCUT2D eigenvalue weighted by Crippen LogP contribution is 2.39. The Balaban J connectivity index is 1.12. The predicted molar refractivity (Wildman–Crippen MR) is 137 cm³/mol. The maximum atomic E-state index is 5.90. The summed E-state index contributed by atoms with van der Waals surface area (Å²) in [5.74, 6) is 1.73. The van der Waals surface area contributed by atoms with Crippen LogP contribution >= 0.6 is 12.2 Å².